The van der Waals surface area contributed by atoms with E-state index in [4.69, 9.17) is 4.74 Å². The Balaban J connectivity index is 1.38. The molecule has 162 valence electrons. The van der Waals surface area contributed by atoms with Crippen LogP contribution in [0.4, 0.5) is 0 Å². The molecule has 3 saturated carbocycles. The largest absolute Gasteiger partial charge is 0.462 e. The maximum atomic E-state index is 12.0. The van der Waals surface area contributed by atoms with Gasteiger partial charge in [0, 0.05) is 6.42 Å². The van der Waals surface area contributed by atoms with E-state index in [9.17, 15) is 4.79 Å². The summed E-state index contributed by atoms with van der Waals surface area (Å²) in [7, 11) is 0. The lowest BCUT2D eigenvalue weighted by Gasteiger charge is -2.41. The molecular formula is C26H46O2. The van der Waals surface area contributed by atoms with Gasteiger partial charge in [-0.3, -0.25) is 4.79 Å². The minimum atomic E-state index is 0.0508. The highest BCUT2D eigenvalue weighted by Crippen LogP contribution is 2.46. The predicted octanol–water partition coefficient (Wildman–Crippen LogP) is 7.69. The van der Waals surface area contributed by atoms with Crippen molar-refractivity contribution in [2.24, 2.45) is 29.6 Å². The van der Waals surface area contributed by atoms with Crippen LogP contribution in [0.5, 0.6) is 0 Å². The fourth-order valence-corrected chi connectivity index (χ4v) is 6.73. The first-order valence-corrected chi connectivity index (χ1v) is 12.9. The van der Waals surface area contributed by atoms with Gasteiger partial charge in [0.05, 0.1) is 0 Å². The normalized spacial score (nSPS) is 36.8. The van der Waals surface area contributed by atoms with Crippen molar-refractivity contribution in [2.45, 2.75) is 129 Å². The maximum Gasteiger partial charge on any atom is 0.306 e. The maximum absolute atomic E-state index is 12.0. The summed E-state index contributed by atoms with van der Waals surface area (Å²) in [5.41, 5.74) is 0. The SMILES string of the molecule is CCCCC(=O)OC1CCCC(C2CCC(C3CCC(CCC)CC3)CC2)C1. The van der Waals surface area contributed by atoms with E-state index in [0.717, 1.165) is 55.3 Å². The van der Waals surface area contributed by atoms with Crippen LogP contribution in [-0.4, -0.2) is 12.1 Å². The van der Waals surface area contributed by atoms with Gasteiger partial charge < -0.3 is 4.74 Å². The molecule has 0 radical (unpaired) electrons. The van der Waals surface area contributed by atoms with Crippen LogP contribution >= 0.6 is 0 Å². The number of carbonyl (C=O) groups is 1. The zero-order chi connectivity index (χ0) is 19.8. The van der Waals surface area contributed by atoms with Gasteiger partial charge in [-0.1, -0.05) is 46.0 Å². The number of unbranched alkanes of at least 4 members (excludes halogenated alkanes) is 1. The highest BCUT2D eigenvalue weighted by Gasteiger charge is 2.35. The molecule has 3 aliphatic rings. The standard InChI is InChI=1S/C26H46O2/c1-3-5-10-26(27)28-25-9-6-8-24(19-25)23-17-15-22(16-18-23)21-13-11-20(7-4-2)12-14-21/h20-25H,3-19H2,1-2H3. The van der Waals surface area contributed by atoms with E-state index in [1.165, 1.54) is 77.0 Å². The Bertz CT molecular complexity index is 443. The van der Waals surface area contributed by atoms with Crippen LogP contribution in [-0.2, 0) is 9.53 Å². The van der Waals surface area contributed by atoms with Gasteiger partial charge in [-0.15, -0.1) is 0 Å². The van der Waals surface area contributed by atoms with Crippen molar-refractivity contribution >= 4 is 5.97 Å². The average molecular weight is 391 g/mol. The summed E-state index contributed by atoms with van der Waals surface area (Å²) < 4.78 is 5.82. The second-order valence-electron chi connectivity index (χ2n) is 10.4. The van der Waals surface area contributed by atoms with Gasteiger partial charge in [-0.05, 0) is 100 Å². The lowest BCUT2D eigenvalue weighted by atomic mass is 9.65. The number of esters is 1. The number of ether oxygens (including phenoxy) is 1. The zero-order valence-corrected chi connectivity index (χ0v) is 18.8. The fraction of sp³-hybridized carbons (Fsp3) is 0.962. The van der Waals surface area contributed by atoms with Crippen molar-refractivity contribution in [1.29, 1.82) is 0 Å². The van der Waals surface area contributed by atoms with Crippen molar-refractivity contribution in [3.8, 4) is 0 Å². The van der Waals surface area contributed by atoms with Crippen LogP contribution in [0.15, 0.2) is 0 Å². The van der Waals surface area contributed by atoms with Crippen LogP contribution in [0.3, 0.4) is 0 Å². The van der Waals surface area contributed by atoms with Gasteiger partial charge in [-0.2, -0.15) is 0 Å². The molecule has 2 nitrogen and oxygen atoms in total. The smallest absolute Gasteiger partial charge is 0.306 e. The van der Waals surface area contributed by atoms with E-state index in [0.29, 0.717) is 6.42 Å². The summed E-state index contributed by atoms with van der Waals surface area (Å²) >= 11 is 0. The van der Waals surface area contributed by atoms with E-state index in [1.807, 2.05) is 0 Å². The Morgan fingerprint density at radius 1 is 0.750 bits per heavy atom. The van der Waals surface area contributed by atoms with Crippen LogP contribution in [0.2, 0.25) is 0 Å². The second-order valence-corrected chi connectivity index (χ2v) is 10.4. The highest BCUT2D eigenvalue weighted by atomic mass is 16.5. The van der Waals surface area contributed by atoms with Crippen LogP contribution in [0.25, 0.3) is 0 Å². The van der Waals surface area contributed by atoms with Gasteiger partial charge in [0.1, 0.15) is 6.10 Å². The minimum absolute atomic E-state index is 0.0508. The zero-order valence-electron chi connectivity index (χ0n) is 18.8. The summed E-state index contributed by atoms with van der Waals surface area (Å²) in [5, 5.41) is 0. The van der Waals surface area contributed by atoms with Crippen LogP contribution in [0.1, 0.15) is 123 Å². The molecule has 28 heavy (non-hydrogen) atoms. The third kappa shape index (κ3) is 6.49. The Hall–Kier alpha value is -0.530. The molecule has 0 bridgehead atoms. The summed E-state index contributed by atoms with van der Waals surface area (Å²) in [6, 6.07) is 0. The topological polar surface area (TPSA) is 26.3 Å². The molecule has 0 amide bonds. The van der Waals surface area contributed by atoms with E-state index in [2.05, 4.69) is 13.8 Å². The Morgan fingerprint density at radius 3 is 1.96 bits per heavy atom. The fourth-order valence-electron chi connectivity index (χ4n) is 6.73. The second kappa shape index (κ2) is 11.6. The monoisotopic (exact) mass is 390 g/mol. The van der Waals surface area contributed by atoms with E-state index >= 15 is 0 Å². The van der Waals surface area contributed by atoms with Crippen molar-refractivity contribution < 1.29 is 9.53 Å². The molecule has 0 heterocycles. The number of carbonyl (C=O) groups excluding carboxylic acids is 1. The lowest BCUT2D eigenvalue weighted by Crippen LogP contribution is -2.32. The summed E-state index contributed by atoms with van der Waals surface area (Å²) in [6.07, 6.45) is 22.5. The van der Waals surface area contributed by atoms with Crippen molar-refractivity contribution in [3.63, 3.8) is 0 Å². The number of hydrogen-bond acceptors (Lipinski definition) is 2. The van der Waals surface area contributed by atoms with Gasteiger partial charge in [0.2, 0.25) is 0 Å². The first kappa shape index (κ1) is 22.2. The molecular weight excluding hydrogens is 344 g/mol. The molecule has 2 heteroatoms. The summed E-state index contributed by atoms with van der Waals surface area (Å²) in [5.74, 6) is 4.87. The molecule has 3 rings (SSSR count). The summed E-state index contributed by atoms with van der Waals surface area (Å²) in [6.45, 7) is 4.48. The predicted molar refractivity (Wildman–Crippen MR) is 117 cm³/mol. The van der Waals surface area contributed by atoms with E-state index in [-0.39, 0.29) is 12.1 Å². The molecule has 0 aromatic heterocycles. The van der Waals surface area contributed by atoms with Crippen molar-refractivity contribution in [1.82, 2.24) is 0 Å². The van der Waals surface area contributed by atoms with Crippen molar-refractivity contribution in [2.75, 3.05) is 0 Å². The highest BCUT2D eigenvalue weighted by molar-refractivity contribution is 5.69. The third-order valence-electron chi connectivity index (χ3n) is 8.44. The Morgan fingerprint density at radius 2 is 1.36 bits per heavy atom. The molecule has 0 N–H and O–H groups in total. The van der Waals surface area contributed by atoms with E-state index in [1.54, 1.807) is 0 Å². The Kier molecular flexibility index (Phi) is 9.18. The molecule has 0 spiro atoms. The van der Waals surface area contributed by atoms with Gasteiger partial charge in [0.15, 0.2) is 0 Å². The number of hydrogen-bond donors (Lipinski definition) is 0. The molecule has 2 atom stereocenters. The molecule has 3 fully saturated rings. The molecule has 0 aromatic carbocycles. The quantitative estimate of drug-likeness (QED) is 0.397. The van der Waals surface area contributed by atoms with Crippen LogP contribution in [0, 0.1) is 29.6 Å². The first-order valence-electron chi connectivity index (χ1n) is 12.9. The third-order valence-corrected chi connectivity index (χ3v) is 8.44. The van der Waals surface area contributed by atoms with Gasteiger partial charge in [0.25, 0.3) is 0 Å². The number of rotatable bonds is 8. The molecule has 0 saturated heterocycles. The Labute approximate surface area is 174 Å². The minimum Gasteiger partial charge on any atom is -0.462 e. The molecule has 2 unspecified atom stereocenters. The van der Waals surface area contributed by atoms with Gasteiger partial charge >= 0.3 is 5.97 Å². The first-order chi connectivity index (χ1) is 13.7. The lowest BCUT2D eigenvalue weighted by molar-refractivity contribution is -0.152. The molecule has 0 aromatic rings. The van der Waals surface area contributed by atoms with E-state index < -0.39 is 0 Å². The average Bonchev–Trinajstić information content (AvgIpc) is 2.73. The molecule has 0 aliphatic heterocycles. The van der Waals surface area contributed by atoms with Gasteiger partial charge in [-0.25, -0.2) is 0 Å². The summed E-state index contributed by atoms with van der Waals surface area (Å²) in [4.78, 5) is 12.0. The van der Waals surface area contributed by atoms with Crippen LogP contribution < -0.4 is 0 Å². The molecule has 3 aliphatic carbocycles. The van der Waals surface area contributed by atoms with Crippen molar-refractivity contribution in [3.05, 3.63) is 0 Å².